The van der Waals surface area contributed by atoms with E-state index in [0.29, 0.717) is 6.04 Å². The van der Waals surface area contributed by atoms with Gasteiger partial charge in [0.05, 0.1) is 0 Å². The number of hydrogen-bond acceptors (Lipinski definition) is 1. The standard InChI is InChI=1S/C13H17N/c1-10-3-2-4-11(7-10)8-12-5-6-13(14)9-12/h2-4,7,9,13H,5-6,8,14H2,1H3. The second-order valence-corrected chi connectivity index (χ2v) is 4.19. The molecule has 2 rings (SSSR count). The minimum Gasteiger partial charge on any atom is -0.324 e. The lowest BCUT2D eigenvalue weighted by Crippen LogP contribution is -2.11. The van der Waals surface area contributed by atoms with Crippen LogP contribution < -0.4 is 5.73 Å². The molecule has 0 heterocycles. The molecule has 1 aliphatic carbocycles. The summed E-state index contributed by atoms with van der Waals surface area (Å²) in [5.41, 5.74) is 10.1. The van der Waals surface area contributed by atoms with Crippen molar-refractivity contribution in [2.45, 2.75) is 32.2 Å². The van der Waals surface area contributed by atoms with Crippen LogP contribution in [-0.4, -0.2) is 6.04 Å². The molecule has 0 fully saturated rings. The SMILES string of the molecule is Cc1cccc(CC2=CC(N)CC2)c1. The number of aryl methyl sites for hydroxylation is 1. The number of benzene rings is 1. The number of allylic oxidation sites excluding steroid dienone is 1. The van der Waals surface area contributed by atoms with Gasteiger partial charge in [0.2, 0.25) is 0 Å². The van der Waals surface area contributed by atoms with Gasteiger partial charge in [-0.1, -0.05) is 41.5 Å². The van der Waals surface area contributed by atoms with Crippen LogP contribution in [0.15, 0.2) is 35.9 Å². The average Bonchev–Trinajstić information content (AvgIpc) is 2.51. The van der Waals surface area contributed by atoms with Crippen LogP contribution in [0, 0.1) is 6.92 Å². The third kappa shape index (κ3) is 2.24. The van der Waals surface area contributed by atoms with Crippen molar-refractivity contribution in [1.82, 2.24) is 0 Å². The van der Waals surface area contributed by atoms with Crippen LogP contribution >= 0.6 is 0 Å². The molecular weight excluding hydrogens is 170 g/mol. The first-order chi connectivity index (χ1) is 6.74. The molecule has 2 N–H and O–H groups in total. The highest BCUT2D eigenvalue weighted by Gasteiger charge is 2.11. The average molecular weight is 187 g/mol. The van der Waals surface area contributed by atoms with Gasteiger partial charge in [0.15, 0.2) is 0 Å². The molecule has 1 nitrogen and oxygen atoms in total. The van der Waals surface area contributed by atoms with E-state index in [1.807, 2.05) is 0 Å². The fraction of sp³-hybridized carbons (Fsp3) is 0.385. The molecule has 0 radical (unpaired) electrons. The highest BCUT2D eigenvalue weighted by Crippen LogP contribution is 2.21. The van der Waals surface area contributed by atoms with Gasteiger partial charge in [0.25, 0.3) is 0 Å². The van der Waals surface area contributed by atoms with Crippen LogP contribution in [0.3, 0.4) is 0 Å². The first-order valence-corrected chi connectivity index (χ1v) is 5.25. The van der Waals surface area contributed by atoms with E-state index in [9.17, 15) is 0 Å². The third-order valence-electron chi connectivity index (χ3n) is 2.76. The van der Waals surface area contributed by atoms with Gasteiger partial charge < -0.3 is 5.73 Å². The quantitative estimate of drug-likeness (QED) is 0.707. The second-order valence-electron chi connectivity index (χ2n) is 4.19. The van der Waals surface area contributed by atoms with Crippen LogP contribution in [0.4, 0.5) is 0 Å². The van der Waals surface area contributed by atoms with Crippen LogP contribution in [0.25, 0.3) is 0 Å². The molecule has 1 aromatic carbocycles. The van der Waals surface area contributed by atoms with E-state index in [0.717, 1.165) is 12.8 Å². The third-order valence-corrected chi connectivity index (χ3v) is 2.76. The molecule has 0 amide bonds. The largest absolute Gasteiger partial charge is 0.324 e. The van der Waals surface area contributed by atoms with Gasteiger partial charge >= 0.3 is 0 Å². The number of nitrogens with two attached hydrogens (primary N) is 1. The molecule has 0 aromatic heterocycles. The maximum Gasteiger partial charge on any atom is 0.0229 e. The Bertz CT molecular complexity index is 352. The van der Waals surface area contributed by atoms with Gasteiger partial charge in [-0.05, 0) is 31.7 Å². The smallest absolute Gasteiger partial charge is 0.0229 e. The van der Waals surface area contributed by atoms with Crippen molar-refractivity contribution in [2.75, 3.05) is 0 Å². The van der Waals surface area contributed by atoms with E-state index >= 15 is 0 Å². The molecule has 1 atom stereocenters. The summed E-state index contributed by atoms with van der Waals surface area (Å²) in [4.78, 5) is 0. The van der Waals surface area contributed by atoms with Crippen molar-refractivity contribution >= 4 is 0 Å². The lowest BCUT2D eigenvalue weighted by atomic mass is 10.0. The van der Waals surface area contributed by atoms with Crippen molar-refractivity contribution in [1.29, 1.82) is 0 Å². The zero-order valence-electron chi connectivity index (χ0n) is 8.66. The Hall–Kier alpha value is -1.08. The van der Waals surface area contributed by atoms with Crippen LogP contribution in [0.1, 0.15) is 24.0 Å². The summed E-state index contributed by atoms with van der Waals surface area (Å²) < 4.78 is 0. The highest BCUT2D eigenvalue weighted by atomic mass is 14.6. The van der Waals surface area contributed by atoms with Gasteiger partial charge in [0, 0.05) is 6.04 Å². The Morgan fingerprint density at radius 3 is 2.93 bits per heavy atom. The Morgan fingerprint density at radius 2 is 2.29 bits per heavy atom. The van der Waals surface area contributed by atoms with Crippen molar-refractivity contribution in [3.05, 3.63) is 47.0 Å². The van der Waals surface area contributed by atoms with Crippen molar-refractivity contribution in [2.24, 2.45) is 5.73 Å². The molecular formula is C13H17N. The highest BCUT2D eigenvalue weighted by molar-refractivity contribution is 5.28. The van der Waals surface area contributed by atoms with E-state index in [2.05, 4.69) is 37.3 Å². The van der Waals surface area contributed by atoms with Gasteiger partial charge in [-0.15, -0.1) is 0 Å². The number of hydrogen-bond donors (Lipinski definition) is 1. The van der Waals surface area contributed by atoms with Crippen molar-refractivity contribution in [3.63, 3.8) is 0 Å². The molecule has 74 valence electrons. The fourth-order valence-corrected chi connectivity index (χ4v) is 2.05. The molecule has 0 aliphatic heterocycles. The summed E-state index contributed by atoms with van der Waals surface area (Å²) in [5.74, 6) is 0. The Kier molecular flexibility index (Phi) is 2.69. The van der Waals surface area contributed by atoms with Gasteiger partial charge in [-0.2, -0.15) is 0 Å². The van der Waals surface area contributed by atoms with E-state index in [1.165, 1.54) is 23.1 Å². The molecule has 1 aromatic rings. The molecule has 0 spiro atoms. The summed E-state index contributed by atoms with van der Waals surface area (Å²) in [6.45, 7) is 2.14. The zero-order chi connectivity index (χ0) is 9.97. The lowest BCUT2D eigenvalue weighted by Gasteiger charge is -2.02. The van der Waals surface area contributed by atoms with E-state index in [-0.39, 0.29) is 0 Å². The van der Waals surface area contributed by atoms with Crippen molar-refractivity contribution < 1.29 is 0 Å². The maximum atomic E-state index is 5.83. The van der Waals surface area contributed by atoms with E-state index in [4.69, 9.17) is 5.73 Å². The molecule has 1 heteroatoms. The first-order valence-electron chi connectivity index (χ1n) is 5.25. The second kappa shape index (κ2) is 3.97. The minimum atomic E-state index is 0.301. The molecule has 1 unspecified atom stereocenters. The molecule has 0 saturated heterocycles. The summed E-state index contributed by atoms with van der Waals surface area (Å²) >= 11 is 0. The molecule has 0 saturated carbocycles. The summed E-state index contributed by atoms with van der Waals surface area (Å²) in [6, 6.07) is 9.01. The summed E-state index contributed by atoms with van der Waals surface area (Å²) in [6.07, 6.45) is 5.61. The van der Waals surface area contributed by atoms with Crippen LogP contribution in [-0.2, 0) is 6.42 Å². The van der Waals surface area contributed by atoms with Gasteiger partial charge in [0.1, 0.15) is 0 Å². The fourth-order valence-electron chi connectivity index (χ4n) is 2.05. The monoisotopic (exact) mass is 187 g/mol. The van der Waals surface area contributed by atoms with E-state index < -0.39 is 0 Å². The lowest BCUT2D eigenvalue weighted by molar-refractivity contribution is 0.770. The van der Waals surface area contributed by atoms with Gasteiger partial charge in [-0.25, -0.2) is 0 Å². The summed E-state index contributed by atoms with van der Waals surface area (Å²) in [5, 5.41) is 0. The molecule has 0 bridgehead atoms. The maximum absolute atomic E-state index is 5.83. The zero-order valence-corrected chi connectivity index (χ0v) is 8.66. The molecule has 14 heavy (non-hydrogen) atoms. The number of rotatable bonds is 2. The normalized spacial score (nSPS) is 21.0. The van der Waals surface area contributed by atoms with Gasteiger partial charge in [-0.3, -0.25) is 0 Å². The Morgan fingerprint density at radius 1 is 1.43 bits per heavy atom. The Balaban J connectivity index is 2.08. The predicted molar refractivity (Wildman–Crippen MR) is 60.2 cm³/mol. The Labute approximate surface area is 85.6 Å². The van der Waals surface area contributed by atoms with E-state index in [1.54, 1.807) is 0 Å². The molecule has 1 aliphatic rings. The minimum absolute atomic E-state index is 0.301. The predicted octanol–water partition coefficient (Wildman–Crippen LogP) is 2.59. The first kappa shape index (κ1) is 9.47. The van der Waals surface area contributed by atoms with Crippen molar-refractivity contribution in [3.8, 4) is 0 Å². The van der Waals surface area contributed by atoms with Crippen LogP contribution in [0.2, 0.25) is 0 Å². The van der Waals surface area contributed by atoms with Crippen LogP contribution in [0.5, 0.6) is 0 Å². The topological polar surface area (TPSA) is 26.0 Å². The summed E-state index contributed by atoms with van der Waals surface area (Å²) in [7, 11) is 0.